The van der Waals surface area contributed by atoms with Gasteiger partial charge in [-0.3, -0.25) is 9.59 Å². The van der Waals surface area contributed by atoms with Crippen LogP contribution in [0.25, 0.3) is 0 Å². The van der Waals surface area contributed by atoms with Crippen LogP contribution in [0.15, 0.2) is 0 Å². The van der Waals surface area contributed by atoms with Gasteiger partial charge in [0.2, 0.25) is 0 Å². The van der Waals surface area contributed by atoms with Gasteiger partial charge in [0.1, 0.15) is 6.61 Å². The molecule has 0 atom stereocenters. The summed E-state index contributed by atoms with van der Waals surface area (Å²) in [5.41, 5.74) is 0. The molecule has 0 bridgehead atoms. The number of carbonyl (C=O) groups excluding carboxylic acids is 2. The van der Waals surface area contributed by atoms with E-state index in [0.717, 1.165) is 0 Å². The number of amides is 1. The van der Waals surface area contributed by atoms with Gasteiger partial charge in [0.25, 0.3) is 5.24 Å². The second-order valence-corrected chi connectivity index (χ2v) is 2.58. The first kappa shape index (κ1) is 11.3. The predicted molar refractivity (Wildman–Crippen MR) is 48.3 cm³/mol. The van der Waals surface area contributed by atoms with Crippen molar-refractivity contribution in [1.82, 2.24) is 4.90 Å². The lowest BCUT2D eigenvalue weighted by Crippen LogP contribution is -2.30. The summed E-state index contributed by atoms with van der Waals surface area (Å²) in [7, 11) is 0. The fraction of sp³-hybridized carbons (Fsp3) is 0.714. The topological polar surface area (TPSA) is 46.6 Å². The molecule has 0 aromatic carbocycles. The molecule has 0 saturated carbocycles. The molecule has 0 aliphatic heterocycles. The summed E-state index contributed by atoms with van der Waals surface area (Å²) in [6.45, 7) is 4.37. The van der Waals surface area contributed by atoms with Crippen molar-refractivity contribution >= 4 is 23.8 Å². The molecule has 1 amide bonds. The molecule has 4 nitrogen and oxygen atoms in total. The second-order valence-electron chi connectivity index (χ2n) is 2.20. The highest BCUT2D eigenvalue weighted by Crippen LogP contribution is 1.94. The third-order valence-electron chi connectivity index (χ3n) is 1.32. The molecule has 12 heavy (non-hydrogen) atoms. The van der Waals surface area contributed by atoms with Gasteiger partial charge in [-0.2, -0.15) is 0 Å². The zero-order valence-corrected chi connectivity index (χ0v) is 8.13. The van der Waals surface area contributed by atoms with E-state index in [1.165, 1.54) is 11.8 Å². The Morgan fingerprint density at radius 3 is 2.42 bits per heavy atom. The zero-order valence-electron chi connectivity index (χ0n) is 7.24. The van der Waals surface area contributed by atoms with Crippen molar-refractivity contribution in [1.29, 1.82) is 0 Å². The van der Waals surface area contributed by atoms with Crippen LogP contribution < -0.4 is 0 Å². The van der Waals surface area contributed by atoms with Gasteiger partial charge in [-0.05, 0) is 6.92 Å². The van der Waals surface area contributed by atoms with Crippen molar-refractivity contribution in [3.05, 3.63) is 0 Å². The standard InChI is InChI=1S/C7H13NO3S/c1-3-8(7(10)12)4-5-11-6(2)9/h3-5H2,1-2H3,(H,10,12). The molecule has 0 aromatic rings. The molecule has 5 heteroatoms. The van der Waals surface area contributed by atoms with Crippen molar-refractivity contribution in [2.75, 3.05) is 19.7 Å². The van der Waals surface area contributed by atoms with E-state index in [1.807, 2.05) is 6.92 Å². The molecule has 0 saturated heterocycles. The summed E-state index contributed by atoms with van der Waals surface area (Å²) in [4.78, 5) is 22.5. The van der Waals surface area contributed by atoms with Crippen molar-refractivity contribution < 1.29 is 14.3 Å². The first-order chi connectivity index (χ1) is 5.57. The molecule has 0 fully saturated rings. The maximum absolute atomic E-state index is 10.7. The molecule has 0 aromatic heterocycles. The van der Waals surface area contributed by atoms with Gasteiger partial charge in [0, 0.05) is 13.5 Å². The summed E-state index contributed by atoms with van der Waals surface area (Å²) < 4.78 is 4.66. The number of carbonyl (C=O) groups is 2. The highest BCUT2D eigenvalue weighted by Gasteiger charge is 2.06. The van der Waals surface area contributed by atoms with Crippen molar-refractivity contribution in [2.45, 2.75) is 13.8 Å². The number of hydrogen-bond acceptors (Lipinski definition) is 3. The Morgan fingerprint density at radius 2 is 2.08 bits per heavy atom. The molecule has 0 unspecified atom stereocenters. The number of ether oxygens (including phenoxy) is 1. The molecule has 0 N–H and O–H groups in total. The molecule has 0 aliphatic carbocycles. The number of nitrogens with zero attached hydrogens (tertiary/aromatic N) is 1. The van der Waals surface area contributed by atoms with Gasteiger partial charge in [0.05, 0.1) is 6.54 Å². The minimum absolute atomic E-state index is 0.232. The Bertz CT molecular complexity index is 172. The molecule has 0 radical (unpaired) electrons. The van der Waals surface area contributed by atoms with Crippen molar-refractivity contribution in [3.8, 4) is 0 Å². The van der Waals surface area contributed by atoms with Crippen LogP contribution in [0.4, 0.5) is 4.79 Å². The lowest BCUT2D eigenvalue weighted by atomic mass is 10.5. The lowest BCUT2D eigenvalue weighted by molar-refractivity contribution is -0.141. The van der Waals surface area contributed by atoms with Crippen LogP contribution in [-0.2, 0) is 9.53 Å². The summed E-state index contributed by atoms with van der Waals surface area (Å²) in [6.07, 6.45) is 0. The van der Waals surface area contributed by atoms with Gasteiger partial charge in [-0.25, -0.2) is 0 Å². The van der Waals surface area contributed by atoms with Gasteiger partial charge >= 0.3 is 5.97 Å². The minimum atomic E-state index is -0.335. The average molecular weight is 191 g/mol. The molecule has 0 rings (SSSR count). The van der Waals surface area contributed by atoms with Crippen molar-refractivity contribution in [2.24, 2.45) is 0 Å². The quantitative estimate of drug-likeness (QED) is 0.531. The monoisotopic (exact) mass is 191 g/mol. The fourth-order valence-corrected chi connectivity index (χ4v) is 0.930. The van der Waals surface area contributed by atoms with Gasteiger partial charge in [0.15, 0.2) is 0 Å². The number of likely N-dealkylation sites (N-methyl/N-ethyl adjacent to an activating group) is 1. The maximum atomic E-state index is 10.7. The SMILES string of the molecule is CCN(CCOC(C)=O)C(=O)S. The summed E-state index contributed by atoms with van der Waals surface area (Å²) in [5.74, 6) is -0.335. The van der Waals surface area contributed by atoms with Gasteiger partial charge in [-0.15, -0.1) is 0 Å². The third kappa shape index (κ3) is 5.01. The Labute approximate surface area is 77.3 Å². The van der Waals surface area contributed by atoms with Gasteiger partial charge < -0.3 is 9.64 Å². The van der Waals surface area contributed by atoms with Crippen LogP contribution in [0.1, 0.15) is 13.8 Å². The third-order valence-corrected chi connectivity index (χ3v) is 1.60. The van der Waals surface area contributed by atoms with Crippen LogP contribution in [0.3, 0.4) is 0 Å². The van der Waals surface area contributed by atoms with E-state index in [1.54, 1.807) is 0 Å². The van der Waals surface area contributed by atoms with Gasteiger partial charge in [-0.1, -0.05) is 12.6 Å². The Balaban J connectivity index is 3.59. The van der Waals surface area contributed by atoms with Crippen molar-refractivity contribution in [3.63, 3.8) is 0 Å². The fourth-order valence-electron chi connectivity index (χ4n) is 0.689. The summed E-state index contributed by atoms with van der Waals surface area (Å²) in [5, 5.41) is -0.301. The molecular formula is C7H13NO3S. The van der Waals surface area contributed by atoms with E-state index in [0.29, 0.717) is 13.1 Å². The molecule has 0 aliphatic rings. The first-order valence-electron chi connectivity index (χ1n) is 3.69. The smallest absolute Gasteiger partial charge is 0.302 e. The summed E-state index contributed by atoms with van der Waals surface area (Å²) in [6, 6.07) is 0. The van der Waals surface area contributed by atoms with Crippen LogP contribution in [0.2, 0.25) is 0 Å². The Hall–Kier alpha value is -0.710. The zero-order chi connectivity index (χ0) is 9.56. The van der Waals surface area contributed by atoms with E-state index in [-0.39, 0.29) is 17.8 Å². The van der Waals surface area contributed by atoms with Crippen LogP contribution in [-0.4, -0.2) is 35.8 Å². The summed E-state index contributed by atoms with van der Waals surface area (Å²) >= 11 is 3.64. The molecule has 0 spiro atoms. The second kappa shape index (κ2) is 5.88. The lowest BCUT2D eigenvalue weighted by Gasteiger charge is -2.17. The number of rotatable bonds is 4. The molecule has 70 valence electrons. The largest absolute Gasteiger partial charge is 0.464 e. The van der Waals surface area contributed by atoms with E-state index >= 15 is 0 Å². The number of thiol groups is 1. The van der Waals surface area contributed by atoms with E-state index in [2.05, 4.69) is 17.4 Å². The van der Waals surface area contributed by atoms with E-state index in [4.69, 9.17) is 0 Å². The highest BCUT2D eigenvalue weighted by molar-refractivity contribution is 7.96. The number of esters is 1. The molecule has 0 heterocycles. The van der Waals surface area contributed by atoms with Crippen LogP contribution in [0, 0.1) is 0 Å². The van der Waals surface area contributed by atoms with Crippen LogP contribution in [0.5, 0.6) is 0 Å². The predicted octanol–water partition coefficient (Wildman–Crippen LogP) is 0.921. The Kier molecular flexibility index (Phi) is 5.53. The molecular weight excluding hydrogens is 178 g/mol. The number of hydrogen-bond donors (Lipinski definition) is 1. The maximum Gasteiger partial charge on any atom is 0.302 e. The van der Waals surface area contributed by atoms with Crippen LogP contribution >= 0.6 is 12.6 Å². The minimum Gasteiger partial charge on any atom is -0.464 e. The highest BCUT2D eigenvalue weighted by atomic mass is 32.1. The average Bonchev–Trinajstić information content (AvgIpc) is 1.96. The van der Waals surface area contributed by atoms with E-state index < -0.39 is 0 Å². The van der Waals surface area contributed by atoms with E-state index in [9.17, 15) is 9.59 Å². The first-order valence-corrected chi connectivity index (χ1v) is 4.14. The Morgan fingerprint density at radius 1 is 1.50 bits per heavy atom. The normalized spacial score (nSPS) is 9.25.